The lowest BCUT2D eigenvalue weighted by molar-refractivity contribution is 1.06. The summed E-state index contributed by atoms with van der Waals surface area (Å²) in [6, 6.07) is 16.6. The Bertz CT molecular complexity index is 1020. The molecule has 0 fully saturated rings. The molecular weight excluding hydrogens is 284 g/mol. The van der Waals surface area contributed by atoms with Crippen molar-refractivity contribution in [3.05, 3.63) is 71.8 Å². The summed E-state index contributed by atoms with van der Waals surface area (Å²) in [6.07, 6.45) is 2.27. The zero-order valence-electron chi connectivity index (χ0n) is 12.8. The Hall–Kier alpha value is -3.01. The van der Waals surface area contributed by atoms with Crippen LogP contribution in [-0.2, 0) is 6.42 Å². The molecule has 0 atom stereocenters. The van der Waals surface area contributed by atoms with Gasteiger partial charge in [-0.05, 0) is 36.1 Å². The van der Waals surface area contributed by atoms with Crippen molar-refractivity contribution < 1.29 is 0 Å². The zero-order valence-corrected chi connectivity index (χ0v) is 12.8. The van der Waals surface area contributed by atoms with Crippen LogP contribution in [0.3, 0.4) is 0 Å². The number of rotatable bonds is 2. The van der Waals surface area contributed by atoms with Crippen LogP contribution in [0.2, 0.25) is 0 Å². The van der Waals surface area contributed by atoms with Gasteiger partial charge in [-0.15, -0.1) is 0 Å². The van der Waals surface area contributed by atoms with E-state index in [-0.39, 0.29) is 0 Å². The Balaban J connectivity index is 1.82. The Labute approximate surface area is 134 Å². The maximum Gasteiger partial charge on any atom is 0.134 e. The molecule has 0 aliphatic rings. The molecule has 0 unspecified atom stereocenters. The number of aromatic nitrogens is 3. The molecule has 0 saturated carbocycles. The predicted octanol–water partition coefficient (Wildman–Crippen LogP) is 3.66. The number of nitrogen functional groups attached to an aromatic ring is 1. The summed E-state index contributed by atoms with van der Waals surface area (Å²) < 4.78 is 0. The summed E-state index contributed by atoms with van der Waals surface area (Å²) in [7, 11) is 0. The van der Waals surface area contributed by atoms with Crippen molar-refractivity contribution in [3.63, 3.8) is 0 Å². The van der Waals surface area contributed by atoms with Gasteiger partial charge in [0.25, 0.3) is 0 Å². The second kappa shape index (κ2) is 5.32. The van der Waals surface area contributed by atoms with Crippen molar-refractivity contribution >= 4 is 27.5 Å². The van der Waals surface area contributed by atoms with Crippen LogP contribution in [0.4, 0.5) is 5.82 Å². The monoisotopic (exact) mass is 300 g/mol. The van der Waals surface area contributed by atoms with E-state index in [1.165, 1.54) is 22.7 Å². The first-order chi connectivity index (χ1) is 11.2. The van der Waals surface area contributed by atoms with Crippen LogP contribution < -0.4 is 5.73 Å². The highest BCUT2D eigenvalue weighted by atomic mass is 14.9. The molecule has 2 N–H and O–H groups in total. The van der Waals surface area contributed by atoms with Crippen molar-refractivity contribution in [2.45, 2.75) is 13.3 Å². The van der Waals surface area contributed by atoms with Crippen molar-refractivity contribution in [1.82, 2.24) is 15.0 Å². The van der Waals surface area contributed by atoms with Gasteiger partial charge in [0.15, 0.2) is 0 Å². The maximum absolute atomic E-state index is 5.89. The molecule has 0 radical (unpaired) electrons. The van der Waals surface area contributed by atoms with Crippen molar-refractivity contribution in [1.29, 1.82) is 0 Å². The highest BCUT2D eigenvalue weighted by Crippen LogP contribution is 2.23. The molecule has 0 saturated heterocycles. The van der Waals surface area contributed by atoms with Gasteiger partial charge in [0.2, 0.25) is 0 Å². The molecule has 4 rings (SSSR count). The second-order valence-corrected chi connectivity index (χ2v) is 5.72. The fraction of sp³-hybridized carbons (Fsp3) is 0.105. The molecule has 0 amide bonds. The van der Waals surface area contributed by atoms with E-state index in [4.69, 9.17) is 10.7 Å². The summed E-state index contributed by atoms with van der Waals surface area (Å²) in [5.41, 5.74) is 10.0. The number of benzene rings is 2. The van der Waals surface area contributed by atoms with Gasteiger partial charge in [0, 0.05) is 22.9 Å². The van der Waals surface area contributed by atoms with Crippen LogP contribution in [0, 0.1) is 6.92 Å². The van der Waals surface area contributed by atoms with Crippen LogP contribution in [-0.4, -0.2) is 15.0 Å². The molecule has 2 aromatic carbocycles. The Morgan fingerprint density at radius 1 is 0.957 bits per heavy atom. The minimum atomic E-state index is 0.515. The van der Waals surface area contributed by atoms with Gasteiger partial charge in [-0.2, -0.15) is 0 Å². The summed E-state index contributed by atoms with van der Waals surface area (Å²) >= 11 is 0. The molecule has 2 aromatic heterocycles. The fourth-order valence-electron chi connectivity index (χ4n) is 2.98. The topological polar surface area (TPSA) is 64.7 Å². The first-order valence-corrected chi connectivity index (χ1v) is 7.55. The minimum Gasteiger partial charge on any atom is -0.383 e. The first-order valence-electron chi connectivity index (χ1n) is 7.55. The van der Waals surface area contributed by atoms with E-state index in [0.717, 1.165) is 28.7 Å². The highest BCUT2D eigenvalue weighted by molar-refractivity contribution is 5.88. The lowest BCUT2D eigenvalue weighted by Crippen LogP contribution is -1.98. The third-order valence-corrected chi connectivity index (χ3v) is 4.05. The average molecular weight is 300 g/mol. The highest BCUT2D eigenvalue weighted by Gasteiger charge is 2.07. The van der Waals surface area contributed by atoms with Gasteiger partial charge in [0.1, 0.15) is 12.1 Å². The number of fused-ring (bicyclic) bond motifs is 2. The smallest absolute Gasteiger partial charge is 0.134 e. The average Bonchev–Trinajstić information content (AvgIpc) is 2.55. The number of nitrogens with zero attached hydrogens (tertiary/aromatic N) is 3. The summed E-state index contributed by atoms with van der Waals surface area (Å²) in [5.74, 6) is 0.515. The number of hydrogen-bond acceptors (Lipinski definition) is 4. The van der Waals surface area contributed by atoms with Crippen LogP contribution >= 0.6 is 0 Å². The van der Waals surface area contributed by atoms with Gasteiger partial charge in [-0.25, -0.2) is 9.97 Å². The Kier molecular flexibility index (Phi) is 3.15. The number of anilines is 1. The second-order valence-electron chi connectivity index (χ2n) is 5.72. The van der Waals surface area contributed by atoms with Crippen molar-refractivity contribution in [2.24, 2.45) is 0 Å². The van der Waals surface area contributed by atoms with Crippen molar-refractivity contribution in [3.8, 4) is 0 Å². The lowest BCUT2D eigenvalue weighted by Gasteiger charge is -2.09. The molecule has 4 heteroatoms. The predicted molar refractivity (Wildman–Crippen MR) is 93.2 cm³/mol. The summed E-state index contributed by atoms with van der Waals surface area (Å²) in [4.78, 5) is 13.1. The normalized spacial score (nSPS) is 11.2. The number of pyridine rings is 1. The summed E-state index contributed by atoms with van der Waals surface area (Å²) in [5, 5.41) is 3.31. The van der Waals surface area contributed by atoms with E-state index in [1.54, 1.807) is 0 Å². The first kappa shape index (κ1) is 13.6. The Morgan fingerprint density at radius 3 is 2.74 bits per heavy atom. The van der Waals surface area contributed by atoms with E-state index in [2.05, 4.69) is 52.4 Å². The maximum atomic E-state index is 5.89. The summed E-state index contributed by atoms with van der Waals surface area (Å²) in [6.45, 7) is 2.03. The molecule has 2 heterocycles. The van der Waals surface area contributed by atoms with E-state index >= 15 is 0 Å². The van der Waals surface area contributed by atoms with Crippen LogP contribution in [0.15, 0.2) is 54.9 Å². The molecule has 112 valence electrons. The molecule has 0 aliphatic carbocycles. The van der Waals surface area contributed by atoms with E-state index in [9.17, 15) is 0 Å². The molecule has 4 nitrogen and oxygen atoms in total. The van der Waals surface area contributed by atoms with E-state index < -0.39 is 0 Å². The molecule has 4 aromatic rings. The minimum absolute atomic E-state index is 0.515. The van der Waals surface area contributed by atoms with E-state index in [1.807, 2.05) is 13.0 Å². The molecular formula is C19H16N4. The van der Waals surface area contributed by atoms with Crippen LogP contribution in [0.25, 0.3) is 21.7 Å². The van der Waals surface area contributed by atoms with Crippen LogP contribution in [0.1, 0.15) is 17.0 Å². The van der Waals surface area contributed by atoms with Gasteiger partial charge < -0.3 is 5.73 Å². The molecule has 0 aliphatic heterocycles. The third-order valence-electron chi connectivity index (χ3n) is 4.05. The quantitative estimate of drug-likeness (QED) is 0.613. The molecule has 0 bridgehead atoms. The Morgan fingerprint density at radius 2 is 1.83 bits per heavy atom. The zero-order chi connectivity index (χ0) is 15.8. The van der Waals surface area contributed by atoms with Gasteiger partial charge in [-0.3, -0.25) is 4.98 Å². The molecule has 23 heavy (non-hydrogen) atoms. The molecule has 0 spiro atoms. The SMILES string of the molecule is Cc1cc2ccccc2c(Cc2ccc3c(N)ncnc3c2)n1. The standard InChI is InChI=1S/C19H16N4/c1-12-8-14-4-2-3-5-15(14)18(23-12)10-13-6-7-16-17(9-13)21-11-22-19(16)20/h2-9,11H,10H2,1H3,(H2,20,21,22). The van der Waals surface area contributed by atoms with E-state index in [0.29, 0.717) is 5.82 Å². The van der Waals surface area contributed by atoms with Gasteiger partial charge in [-0.1, -0.05) is 30.3 Å². The lowest BCUT2D eigenvalue weighted by atomic mass is 10.0. The number of hydrogen-bond donors (Lipinski definition) is 1. The fourth-order valence-corrected chi connectivity index (χ4v) is 2.98. The van der Waals surface area contributed by atoms with Crippen LogP contribution in [0.5, 0.6) is 0 Å². The van der Waals surface area contributed by atoms with Gasteiger partial charge >= 0.3 is 0 Å². The third kappa shape index (κ3) is 2.48. The number of aryl methyl sites for hydroxylation is 1. The number of nitrogens with two attached hydrogens (primary N) is 1. The van der Waals surface area contributed by atoms with Crippen molar-refractivity contribution in [2.75, 3.05) is 5.73 Å². The van der Waals surface area contributed by atoms with Gasteiger partial charge in [0.05, 0.1) is 11.2 Å². The largest absolute Gasteiger partial charge is 0.383 e.